The first-order chi connectivity index (χ1) is 47.3. The Morgan fingerprint density at radius 1 is 0.173 bits per heavy atom. The van der Waals surface area contributed by atoms with Crippen LogP contribution in [0.3, 0.4) is 0 Å². The Morgan fingerprint density at radius 2 is 0.480 bits per heavy atom. The van der Waals surface area contributed by atoms with E-state index in [0.717, 1.165) is 134 Å². The third-order valence-electron chi connectivity index (χ3n) is 12.8. The lowest BCUT2D eigenvalue weighted by atomic mass is 10.1. The summed E-state index contributed by atoms with van der Waals surface area (Å²) in [5, 5.41) is 11.5. The Hall–Kier alpha value is -10.1. The smallest absolute Gasteiger partial charge is 0.159 e. The number of pyridine rings is 8. The van der Waals surface area contributed by atoms with E-state index in [4.69, 9.17) is 0 Å². The highest BCUT2D eigenvalue weighted by molar-refractivity contribution is 5.80. The topological polar surface area (TPSA) is 180 Å². The molecule has 0 amide bonds. The summed E-state index contributed by atoms with van der Waals surface area (Å²) in [5.74, 6) is 0. The van der Waals surface area contributed by atoms with E-state index < -0.39 is 0 Å². The molecule has 518 valence electrons. The SMILES string of the molecule is CC.CC.CC.CC.CC.CC.CC.Cc1cc2ccc(C)nc2cn1.Cc1ccc2cc(C)nnc2c1.Cc1ccc2nc(C)ccc2n1.Cc1ccc2nc(C)cnc2c1.Cc1ccc2nc(C)cnc2c1.Cc1cnc2cc(C)cnc2c1.Cc1cnc2nc(C)ccc2c1. The fourth-order valence-electron chi connectivity index (χ4n) is 8.55. The van der Waals surface area contributed by atoms with Crippen LogP contribution < -0.4 is 0 Å². The highest BCUT2D eigenvalue weighted by Crippen LogP contribution is 2.17. The van der Waals surface area contributed by atoms with Gasteiger partial charge in [-0.3, -0.25) is 39.9 Å². The molecule has 11 heterocycles. The third kappa shape index (κ3) is 29.9. The maximum atomic E-state index is 4.35. The second-order valence-electron chi connectivity index (χ2n) is 21.0. The van der Waals surface area contributed by atoms with Crippen LogP contribution >= 0.6 is 0 Å². The van der Waals surface area contributed by atoms with Crippen molar-refractivity contribution in [2.24, 2.45) is 0 Å². The standard InChI is InChI=1S/7C10H10N2.7C2H6/c1-7-3-9-10(11-5-7)4-8(2)6-12-9;1-7-3-5-10-9(11-7)6-4-8(2)12-10;1-7-5-9-4-3-8(2)12-10(9)11-6-7;1-7-3-4-9-5-8(2)11-6-10(9)12-7;2*1-7-3-4-9-10(5-7)11-6-8(2)12-9;1-7-3-4-9-6-8(2)11-12-10(9)5-7;7*1-2/h7*3-6H,1-2H3;7*1-2H3. The molecule has 14 rings (SSSR count). The van der Waals surface area contributed by atoms with E-state index in [9.17, 15) is 0 Å². The summed E-state index contributed by atoms with van der Waals surface area (Å²) in [6.45, 7) is 56.0. The van der Waals surface area contributed by atoms with Crippen LogP contribution in [0.1, 0.15) is 176 Å². The molecule has 0 unspecified atom stereocenters. The molecule has 0 radical (unpaired) electrons. The van der Waals surface area contributed by atoms with Gasteiger partial charge < -0.3 is 0 Å². The highest BCUT2D eigenvalue weighted by atomic mass is 15.1. The van der Waals surface area contributed by atoms with E-state index in [1.54, 1.807) is 12.4 Å². The summed E-state index contributed by atoms with van der Waals surface area (Å²) >= 11 is 0. The van der Waals surface area contributed by atoms with Crippen molar-refractivity contribution in [2.75, 3.05) is 0 Å². The number of hydrogen-bond donors (Lipinski definition) is 0. The molecule has 0 spiro atoms. The van der Waals surface area contributed by atoms with Crippen LogP contribution in [0.2, 0.25) is 0 Å². The molecule has 0 aliphatic heterocycles. The van der Waals surface area contributed by atoms with E-state index >= 15 is 0 Å². The van der Waals surface area contributed by atoms with E-state index in [0.29, 0.717) is 0 Å². The number of benzene rings is 3. The van der Waals surface area contributed by atoms with E-state index in [1.807, 2.05) is 289 Å². The van der Waals surface area contributed by atoms with Gasteiger partial charge in [0.25, 0.3) is 0 Å². The normalized spacial score (nSPS) is 9.43. The summed E-state index contributed by atoms with van der Waals surface area (Å²) in [4.78, 5) is 51.6. The molecule has 0 saturated carbocycles. The Kier molecular flexibility index (Phi) is 41.9. The van der Waals surface area contributed by atoms with Crippen LogP contribution in [0.15, 0.2) is 171 Å². The second-order valence-corrected chi connectivity index (χ2v) is 21.0. The van der Waals surface area contributed by atoms with Gasteiger partial charge in [-0.15, -0.1) is 0 Å². The van der Waals surface area contributed by atoms with Crippen molar-refractivity contribution in [2.45, 2.75) is 194 Å². The van der Waals surface area contributed by atoms with Crippen LogP contribution in [0.4, 0.5) is 0 Å². The minimum absolute atomic E-state index is 0.834. The molecular formula is C84H112N14. The lowest BCUT2D eigenvalue weighted by molar-refractivity contribution is 1.02. The zero-order valence-corrected chi connectivity index (χ0v) is 64.4. The zero-order valence-electron chi connectivity index (χ0n) is 64.4. The third-order valence-corrected chi connectivity index (χ3v) is 12.8. The van der Waals surface area contributed by atoms with Gasteiger partial charge in [0, 0.05) is 75.6 Å². The van der Waals surface area contributed by atoms with Gasteiger partial charge in [-0.2, -0.15) is 10.2 Å². The molecule has 0 atom stereocenters. The lowest BCUT2D eigenvalue weighted by Gasteiger charge is -1.98. The van der Waals surface area contributed by atoms with E-state index in [2.05, 4.69) is 133 Å². The Labute approximate surface area is 587 Å². The number of aryl methyl sites for hydroxylation is 14. The molecule has 0 fully saturated rings. The first-order valence-electron chi connectivity index (χ1n) is 34.7. The lowest BCUT2D eigenvalue weighted by Crippen LogP contribution is -1.87. The van der Waals surface area contributed by atoms with Gasteiger partial charge >= 0.3 is 0 Å². The van der Waals surface area contributed by atoms with Crippen molar-refractivity contribution in [3.8, 4) is 0 Å². The van der Waals surface area contributed by atoms with Crippen molar-refractivity contribution >= 4 is 77.0 Å². The molecule has 11 aromatic heterocycles. The maximum absolute atomic E-state index is 4.35. The molecule has 0 aliphatic carbocycles. The van der Waals surface area contributed by atoms with Crippen LogP contribution in [0.5, 0.6) is 0 Å². The largest absolute Gasteiger partial charge is 0.259 e. The first kappa shape index (κ1) is 85.9. The molecule has 0 bridgehead atoms. The minimum Gasteiger partial charge on any atom is -0.259 e. The summed E-state index contributed by atoms with van der Waals surface area (Å²) in [6.07, 6.45) is 11.0. The van der Waals surface area contributed by atoms with Crippen LogP contribution in [-0.2, 0) is 0 Å². The molecule has 14 aromatic rings. The van der Waals surface area contributed by atoms with Gasteiger partial charge in [-0.05, 0) is 233 Å². The monoisotopic (exact) mass is 1320 g/mol. The molecule has 14 nitrogen and oxygen atoms in total. The van der Waals surface area contributed by atoms with Crippen molar-refractivity contribution in [1.82, 2.24) is 70.0 Å². The minimum atomic E-state index is 0.834. The Bertz CT molecular complexity index is 3480. The maximum Gasteiger partial charge on any atom is 0.159 e. The number of rotatable bonds is 0. The fraction of sp³-hybridized carbons (Fsp3) is 0.333. The van der Waals surface area contributed by atoms with Gasteiger partial charge in [-0.1, -0.05) is 127 Å². The molecule has 0 aliphatic rings. The molecule has 0 saturated heterocycles. The van der Waals surface area contributed by atoms with Crippen molar-refractivity contribution < 1.29 is 0 Å². The predicted molar refractivity (Wildman–Crippen MR) is 423 cm³/mol. The summed E-state index contributed by atoms with van der Waals surface area (Å²) in [6, 6.07) is 44.8. The van der Waals surface area contributed by atoms with Crippen LogP contribution in [0, 0.1) is 96.9 Å². The second kappa shape index (κ2) is 47.8. The number of aromatic nitrogens is 14. The van der Waals surface area contributed by atoms with E-state index in [-0.39, 0.29) is 0 Å². The number of fused-ring (bicyclic) bond motifs is 7. The van der Waals surface area contributed by atoms with Gasteiger partial charge in [-0.25, -0.2) is 19.9 Å². The van der Waals surface area contributed by atoms with Crippen LogP contribution in [0.25, 0.3) is 77.0 Å². The van der Waals surface area contributed by atoms with Crippen molar-refractivity contribution in [3.05, 3.63) is 250 Å². The molecule has 0 N–H and O–H groups in total. The fourth-order valence-corrected chi connectivity index (χ4v) is 8.55. The Morgan fingerprint density at radius 3 is 0.959 bits per heavy atom. The van der Waals surface area contributed by atoms with Gasteiger partial charge in [0.15, 0.2) is 5.65 Å². The zero-order chi connectivity index (χ0) is 73.9. The Balaban J connectivity index is 0.000000554. The number of hydrogen-bond acceptors (Lipinski definition) is 14. The average Bonchev–Trinajstić information content (AvgIpc) is 1.19. The van der Waals surface area contributed by atoms with Crippen molar-refractivity contribution in [1.29, 1.82) is 0 Å². The average molecular weight is 1320 g/mol. The first-order valence-corrected chi connectivity index (χ1v) is 34.7. The van der Waals surface area contributed by atoms with E-state index in [1.165, 1.54) is 22.3 Å². The molecule has 3 aromatic carbocycles. The number of nitrogens with zero attached hydrogens (tertiary/aromatic N) is 14. The summed E-state index contributed by atoms with van der Waals surface area (Å²) < 4.78 is 0. The van der Waals surface area contributed by atoms with Gasteiger partial charge in [0.05, 0.1) is 78.4 Å². The van der Waals surface area contributed by atoms with Gasteiger partial charge in [0.2, 0.25) is 0 Å². The highest BCUT2D eigenvalue weighted by Gasteiger charge is 2.02. The predicted octanol–water partition coefficient (Wildman–Crippen LogP) is 22.9. The summed E-state index contributed by atoms with van der Waals surface area (Å²) in [7, 11) is 0. The summed E-state index contributed by atoms with van der Waals surface area (Å²) in [5.41, 5.74) is 25.8. The van der Waals surface area contributed by atoms with Crippen LogP contribution in [-0.4, -0.2) is 70.0 Å². The van der Waals surface area contributed by atoms with Gasteiger partial charge in [0.1, 0.15) is 0 Å². The quantitative estimate of drug-likeness (QED) is 0.140. The molecule has 98 heavy (non-hydrogen) atoms. The van der Waals surface area contributed by atoms with Crippen molar-refractivity contribution in [3.63, 3.8) is 0 Å². The molecular weight excluding hydrogens is 1210 g/mol. The molecule has 14 heteroatoms.